The van der Waals surface area contributed by atoms with Crippen LogP contribution in [0.1, 0.15) is 41.4 Å². The zero-order valence-electron chi connectivity index (χ0n) is 17.4. The predicted molar refractivity (Wildman–Crippen MR) is 112 cm³/mol. The number of benzene rings is 2. The van der Waals surface area contributed by atoms with E-state index in [1.54, 1.807) is 39.0 Å². The van der Waals surface area contributed by atoms with E-state index in [1.165, 1.54) is 24.3 Å². The first-order valence-corrected chi connectivity index (χ1v) is 10.8. The molecule has 0 aromatic heterocycles. The lowest BCUT2D eigenvalue weighted by Gasteiger charge is -2.25. The fraction of sp³-hybridized carbons (Fsp3) is 0.381. The zero-order chi connectivity index (χ0) is 21.8. The number of nitrogens with one attached hydrogen (secondary N) is 2. The highest BCUT2D eigenvalue weighted by Crippen LogP contribution is 2.20. The van der Waals surface area contributed by atoms with Gasteiger partial charge in [-0.2, -0.15) is 0 Å². The van der Waals surface area contributed by atoms with Crippen molar-refractivity contribution in [2.24, 2.45) is 0 Å². The van der Waals surface area contributed by atoms with Gasteiger partial charge >= 0.3 is 0 Å². The molecule has 0 aliphatic carbocycles. The molecule has 8 heteroatoms. The molecule has 0 aliphatic rings. The molecule has 0 fully saturated rings. The van der Waals surface area contributed by atoms with Gasteiger partial charge in [0.05, 0.1) is 10.9 Å². The Bertz CT molecular complexity index is 975. The van der Waals surface area contributed by atoms with Gasteiger partial charge in [0.1, 0.15) is 5.82 Å². The first-order valence-electron chi connectivity index (χ1n) is 9.34. The number of hydrogen-bond acceptors (Lipinski definition) is 4. The maximum absolute atomic E-state index is 13.6. The van der Waals surface area contributed by atoms with E-state index in [9.17, 15) is 17.6 Å². The van der Waals surface area contributed by atoms with Gasteiger partial charge in [-0.15, -0.1) is 0 Å². The van der Waals surface area contributed by atoms with E-state index >= 15 is 0 Å². The molecule has 1 unspecified atom stereocenters. The van der Waals surface area contributed by atoms with Crippen molar-refractivity contribution in [3.8, 4) is 0 Å². The lowest BCUT2D eigenvalue weighted by Crippen LogP contribution is -2.35. The summed E-state index contributed by atoms with van der Waals surface area (Å²) >= 11 is 0. The van der Waals surface area contributed by atoms with Crippen molar-refractivity contribution in [3.05, 3.63) is 65.0 Å². The summed E-state index contributed by atoms with van der Waals surface area (Å²) in [5.74, 6) is -0.723. The summed E-state index contributed by atoms with van der Waals surface area (Å²) in [5, 5.41) is 2.84. The summed E-state index contributed by atoms with van der Waals surface area (Å²) in [5.41, 5.74) is 1.69. The van der Waals surface area contributed by atoms with Crippen LogP contribution >= 0.6 is 0 Å². The molecule has 0 radical (unpaired) electrons. The van der Waals surface area contributed by atoms with Gasteiger partial charge in [-0.05, 0) is 70.3 Å². The molecule has 2 aromatic carbocycles. The second kappa shape index (κ2) is 9.47. The molecule has 2 aromatic rings. The number of nitrogens with zero attached hydrogens (tertiary/aromatic N) is 1. The second-order valence-electron chi connectivity index (χ2n) is 7.50. The van der Waals surface area contributed by atoms with Crippen molar-refractivity contribution in [1.82, 2.24) is 14.9 Å². The fourth-order valence-electron chi connectivity index (χ4n) is 2.99. The van der Waals surface area contributed by atoms with Crippen LogP contribution < -0.4 is 10.0 Å². The third-order valence-electron chi connectivity index (χ3n) is 4.47. The van der Waals surface area contributed by atoms with Crippen LogP contribution in [0.3, 0.4) is 0 Å². The Morgan fingerprint density at radius 2 is 1.83 bits per heavy atom. The molecule has 2 N–H and O–H groups in total. The van der Waals surface area contributed by atoms with Crippen molar-refractivity contribution < 1.29 is 17.6 Å². The average Bonchev–Trinajstić information content (AvgIpc) is 2.60. The molecule has 158 valence electrons. The Morgan fingerprint density at radius 1 is 1.14 bits per heavy atom. The summed E-state index contributed by atoms with van der Waals surface area (Å²) in [4.78, 5) is 14.7. The molecule has 1 amide bonds. The number of carbonyl (C=O) groups is 1. The molecule has 0 bridgehead atoms. The number of rotatable bonds is 8. The van der Waals surface area contributed by atoms with Gasteiger partial charge in [0.25, 0.3) is 5.91 Å². The largest absolute Gasteiger partial charge is 0.350 e. The molecule has 0 heterocycles. The number of carbonyl (C=O) groups excluding carboxylic acids is 1. The number of amides is 1. The van der Waals surface area contributed by atoms with Gasteiger partial charge in [0.2, 0.25) is 10.0 Å². The Balaban J connectivity index is 2.22. The molecule has 0 aliphatic heterocycles. The maximum atomic E-state index is 13.6. The van der Waals surface area contributed by atoms with Gasteiger partial charge in [0.15, 0.2) is 0 Å². The molecule has 0 saturated carbocycles. The van der Waals surface area contributed by atoms with Crippen LogP contribution in [0.5, 0.6) is 0 Å². The molecule has 2 rings (SSSR count). The second-order valence-corrected chi connectivity index (χ2v) is 9.21. The normalized spacial score (nSPS) is 13.0. The predicted octanol–water partition coefficient (Wildman–Crippen LogP) is 2.85. The van der Waals surface area contributed by atoms with Crippen LogP contribution in [-0.2, 0) is 10.0 Å². The number of aryl methyl sites for hydroxylation is 1. The van der Waals surface area contributed by atoms with Crippen LogP contribution in [-0.4, -0.2) is 45.9 Å². The van der Waals surface area contributed by atoms with Crippen molar-refractivity contribution in [3.63, 3.8) is 0 Å². The van der Waals surface area contributed by atoms with Gasteiger partial charge < -0.3 is 10.2 Å². The van der Waals surface area contributed by atoms with Crippen LogP contribution in [0.2, 0.25) is 0 Å². The van der Waals surface area contributed by atoms with Crippen LogP contribution in [0.4, 0.5) is 4.39 Å². The average molecular weight is 422 g/mol. The standard InChI is InChI=1S/C21H28FN3O3S/c1-14(2)24-29(27,28)18-10-9-15(3)19(12-18)21(26)23-13-20(25(4)5)16-7-6-8-17(22)11-16/h6-12,14,20,24H,13H2,1-5H3,(H,23,26). The highest BCUT2D eigenvalue weighted by atomic mass is 32.2. The topological polar surface area (TPSA) is 78.5 Å². The van der Waals surface area contributed by atoms with E-state index in [1.807, 2.05) is 19.0 Å². The van der Waals surface area contributed by atoms with Crippen LogP contribution in [0.25, 0.3) is 0 Å². The quantitative estimate of drug-likeness (QED) is 0.687. The van der Waals surface area contributed by atoms with E-state index in [0.29, 0.717) is 5.56 Å². The van der Waals surface area contributed by atoms with Gasteiger partial charge in [-0.1, -0.05) is 18.2 Å². The highest BCUT2D eigenvalue weighted by Gasteiger charge is 2.20. The summed E-state index contributed by atoms with van der Waals surface area (Å²) in [6.07, 6.45) is 0. The SMILES string of the molecule is Cc1ccc(S(=O)(=O)NC(C)C)cc1C(=O)NCC(c1cccc(F)c1)N(C)C. The van der Waals surface area contributed by atoms with Gasteiger partial charge in [-0.3, -0.25) is 4.79 Å². The van der Waals surface area contributed by atoms with Crippen molar-refractivity contribution in [2.75, 3.05) is 20.6 Å². The number of likely N-dealkylation sites (N-methyl/N-ethyl adjacent to an activating group) is 1. The Morgan fingerprint density at radius 3 is 2.41 bits per heavy atom. The van der Waals surface area contributed by atoms with E-state index < -0.39 is 10.0 Å². The third-order valence-corrected chi connectivity index (χ3v) is 6.12. The number of halogens is 1. The Kier molecular flexibility index (Phi) is 7.51. The Labute approximate surface area is 172 Å². The highest BCUT2D eigenvalue weighted by molar-refractivity contribution is 7.89. The van der Waals surface area contributed by atoms with Crippen LogP contribution in [0, 0.1) is 12.7 Å². The number of sulfonamides is 1. The van der Waals surface area contributed by atoms with E-state index in [0.717, 1.165) is 5.56 Å². The summed E-state index contributed by atoms with van der Waals surface area (Å²) in [6, 6.07) is 10.2. The summed E-state index contributed by atoms with van der Waals surface area (Å²) in [7, 11) is -0.0147. The maximum Gasteiger partial charge on any atom is 0.251 e. The zero-order valence-corrected chi connectivity index (χ0v) is 18.2. The minimum absolute atomic E-state index is 0.0382. The fourth-order valence-corrected chi connectivity index (χ4v) is 4.27. The minimum Gasteiger partial charge on any atom is -0.350 e. The molecule has 0 spiro atoms. The van der Waals surface area contributed by atoms with Crippen molar-refractivity contribution in [1.29, 1.82) is 0 Å². The van der Waals surface area contributed by atoms with Crippen LogP contribution in [0.15, 0.2) is 47.4 Å². The van der Waals surface area contributed by atoms with Gasteiger partial charge in [0, 0.05) is 18.2 Å². The third kappa shape index (κ3) is 6.09. The van der Waals surface area contributed by atoms with E-state index in [4.69, 9.17) is 0 Å². The van der Waals surface area contributed by atoms with Gasteiger partial charge in [-0.25, -0.2) is 17.5 Å². The minimum atomic E-state index is -3.70. The van der Waals surface area contributed by atoms with Crippen molar-refractivity contribution >= 4 is 15.9 Å². The van der Waals surface area contributed by atoms with E-state index in [-0.39, 0.29) is 40.8 Å². The summed E-state index contributed by atoms with van der Waals surface area (Å²) < 4.78 is 40.9. The Hall–Kier alpha value is -2.29. The smallest absolute Gasteiger partial charge is 0.251 e. The molecule has 1 atom stereocenters. The molecule has 6 nitrogen and oxygen atoms in total. The molecular weight excluding hydrogens is 393 g/mol. The number of hydrogen-bond donors (Lipinski definition) is 2. The lowest BCUT2D eigenvalue weighted by atomic mass is 10.0. The van der Waals surface area contributed by atoms with E-state index in [2.05, 4.69) is 10.0 Å². The van der Waals surface area contributed by atoms with Crippen molar-refractivity contribution in [2.45, 2.75) is 37.8 Å². The first kappa shape index (κ1) is 23.0. The molecular formula is C21H28FN3O3S. The molecule has 29 heavy (non-hydrogen) atoms. The lowest BCUT2D eigenvalue weighted by molar-refractivity contribution is 0.0941. The monoisotopic (exact) mass is 421 g/mol. The molecule has 0 saturated heterocycles. The summed E-state index contributed by atoms with van der Waals surface area (Å²) in [6.45, 7) is 5.45. The first-order chi connectivity index (χ1) is 13.5.